The molecular formula is C18H28N2O2S. The van der Waals surface area contributed by atoms with E-state index in [0.717, 1.165) is 18.7 Å². The third-order valence-corrected chi connectivity index (χ3v) is 7.05. The van der Waals surface area contributed by atoms with Gasteiger partial charge in [-0.05, 0) is 18.4 Å². The molecule has 2 aliphatic rings. The van der Waals surface area contributed by atoms with Crippen molar-refractivity contribution in [1.29, 1.82) is 0 Å². The first-order valence-corrected chi connectivity index (χ1v) is 10.5. The zero-order valence-corrected chi connectivity index (χ0v) is 14.7. The van der Waals surface area contributed by atoms with Crippen molar-refractivity contribution in [2.45, 2.75) is 50.3 Å². The van der Waals surface area contributed by atoms with Crippen LogP contribution >= 0.6 is 0 Å². The molecule has 1 saturated heterocycles. The van der Waals surface area contributed by atoms with Crippen LogP contribution in [0.2, 0.25) is 0 Å². The number of hydrogen-bond donors (Lipinski definition) is 0. The minimum atomic E-state index is -3.19. The fraction of sp³-hybridized carbons (Fsp3) is 0.667. The van der Waals surface area contributed by atoms with Gasteiger partial charge < -0.3 is 0 Å². The van der Waals surface area contributed by atoms with Crippen molar-refractivity contribution in [2.24, 2.45) is 0 Å². The molecule has 0 spiro atoms. The van der Waals surface area contributed by atoms with Gasteiger partial charge in [0.25, 0.3) is 0 Å². The van der Waals surface area contributed by atoms with Crippen molar-refractivity contribution >= 4 is 10.0 Å². The van der Waals surface area contributed by atoms with Crippen molar-refractivity contribution in [2.75, 3.05) is 26.2 Å². The van der Waals surface area contributed by atoms with Crippen molar-refractivity contribution in [3.8, 4) is 0 Å². The second-order valence-corrected chi connectivity index (χ2v) is 8.79. The number of nitrogens with zero attached hydrogens (tertiary/aromatic N) is 2. The summed E-state index contributed by atoms with van der Waals surface area (Å²) in [4.78, 5) is 2.53. The molecule has 1 aliphatic carbocycles. The van der Waals surface area contributed by atoms with Crippen molar-refractivity contribution in [3.63, 3.8) is 0 Å². The summed E-state index contributed by atoms with van der Waals surface area (Å²) in [5.74, 6) is 0.122. The molecule has 0 atom stereocenters. The molecule has 0 unspecified atom stereocenters. The van der Waals surface area contributed by atoms with E-state index in [9.17, 15) is 8.42 Å². The SMILES string of the molecule is O=S(=O)(Cc1ccccc1)N1CCN(C2CCCCCC2)CC1. The molecule has 4 nitrogen and oxygen atoms in total. The van der Waals surface area contributed by atoms with Crippen LogP contribution in [0.1, 0.15) is 44.1 Å². The highest BCUT2D eigenvalue weighted by atomic mass is 32.2. The average Bonchev–Trinajstić information content (AvgIpc) is 2.85. The van der Waals surface area contributed by atoms with Crippen LogP contribution in [0.3, 0.4) is 0 Å². The zero-order valence-electron chi connectivity index (χ0n) is 13.9. The van der Waals surface area contributed by atoms with Crippen LogP contribution in [0.15, 0.2) is 30.3 Å². The minimum Gasteiger partial charge on any atom is -0.298 e. The molecule has 0 aromatic heterocycles. The Hall–Kier alpha value is -0.910. The number of benzene rings is 1. The molecule has 23 heavy (non-hydrogen) atoms. The predicted molar refractivity (Wildman–Crippen MR) is 93.7 cm³/mol. The van der Waals surface area contributed by atoms with E-state index in [1.54, 1.807) is 4.31 Å². The molecule has 0 N–H and O–H groups in total. The fourth-order valence-electron chi connectivity index (χ4n) is 3.85. The number of hydrogen-bond acceptors (Lipinski definition) is 3. The predicted octanol–water partition coefficient (Wildman–Crippen LogP) is 2.86. The molecule has 3 rings (SSSR count). The number of sulfonamides is 1. The normalized spacial score (nSPS) is 22.8. The number of piperazine rings is 1. The van der Waals surface area contributed by atoms with Gasteiger partial charge in [0.2, 0.25) is 10.0 Å². The van der Waals surface area contributed by atoms with E-state index in [0.29, 0.717) is 19.1 Å². The van der Waals surface area contributed by atoms with Crippen molar-refractivity contribution in [1.82, 2.24) is 9.21 Å². The maximum atomic E-state index is 12.6. The van der Waals surface area contributed by atoms with Crippen LogP contribution in [0.25, 0.3) is 0 Å². The Morgan fingerprint density at radius 1 is 0.870 bits per heavy atom. The first-order chi connectivity index (χ1) is 11.1. The van der Waals surface area contributed by atoms with Crippen LogP contribution < -0.4 is 0 Å². The van der Waals surface area contributed by atoms with Crippen LogP contribution in [0, 0.1) is 0 Å². The van der Waals surface area contributed by atoms with Gasteiger partial charge in [0.05, 0.1) is 5.75 Å². The van der Waals surface area contributed by atoms with E-state index >= 15 is 0 Å². The molecular weight excluding hydrogens is 308 g/mol. The molecule has 1 saturated carbocycles. The highest BCUT2D eigenvalue weighted by Crippen LogP contribution is 2.23. The minimum absolute atomic E-state index is 0.122. The van der Waals surface area contributed by atoms with Gasteiger partial charge in [-0.3, -0.25) is 4.90 Å². The first kappa shape index (κ1) is 16.9. The van der Waals surface area contributed by atoms with E-state index in [1.165, 1.54) is 38.5 Å². The summed E-state index contributed by atoms with van der Waals surface area (Å²) in [6.07, 6.45) is 7.96. The zero-order chi connectivity index (χ0) is 16.1. The van der Waals surface area contributed by atoms with Gasteiger partial charge in [-0.25, -0.2) is 8.42 Å². The Morgan fingerprint density at radius 2 is 1.48 bits per heavy atom. The lowest BCUT2D eigenvalue weighted by Gasteiger charge is -2.38. The van der Waals surface area contributed by atoms with Crippen molar-refractivity contribution in [3.05, 3.63) is 35.9 Å². The molecule has 2 fully saturated rings. The summed E-state index contributed by atoms with van der Waals surface area (Å²) >= 11 is 0. The van der Waals surface area contributed by atoms with Crippen LogP contribution in [-0.4, -0.2) is 49.8 Å². The summed E-state index contributed by atoms with van der Waals surface area (Å²) in [5.41, 5.74) is 0.874. The molecule has 1 heterocycles. The molecule has 0 radical (unpaired) electrons. The Kier molecular flexibility index (Phi) is 5.72. The van der Waals surface area contributed by atoms with Gasteiger partial charge in [0.15, 0.2) is 0 Å². The van der Waals surface area contributed by atoms with E-state index < -0.39 is 10.0 Å². The van der Waals surface area contributed by atoms with E-state index in [4.69, 9.17) is 0 Å². The van der Waals surface area contributed by atoms with E-state index in [-0.39, 0.29) is 5.75 Å². The summed E-state index contributed by atoms with van der Waals surface area (Å²) in [6.45, 7) is 3.06. The third kappa shape index (κ3) is 4.55. The van der Waals surface area contributed by atoms with Gasteiger partial charge >= 0.3 is 0 Å². The lowest BCUT2D eigenvalue weighted by Crippen LogP contribution is -2.52. The maximum Gasteiger partial charge on any atom is 0.218 e. The quantitative estimate of drug-likeness (QED) is 0.794. The van der Waals surface area contributed by atoms with Gasteiger partial charge in [0, 0.05) is 32.2 Å². The highest BCUT2D eigenvalue weighted by molar-refractivity contribution is 7.88. The van der Waals surface area contributed by atoms with Gasteiger partial charge in [-0.15, -0.1) is 0 Å². The van der Waals surface area contributed by atoms with E-state index in [1.807, 2.05) is 30.3 Å². The second-order valence-electron chi connectivity index (χ2n) is 6.82. The first-order valence-electron chi connectivity index (χ1n) is 8.91. The smallest absolute Gasteiger partial charge is 0.218 e. The molecule has 1 aromatic rings. The van der Waals surface area contributed by atoms with Gasteiger partial charge in [-0.1, -0.05) is 56.0 Å². The summed E-state index contributed by atoms with van der Waals surface area (Å²) in [7, 11) is -3.19. The Labute approximate surface area is 140 Å². The lowest BCUT2D eigenvalue weighted by atomic mass is 10.1. The van der Waals surface area contributed by atoms with Crippen LogP contribution in [0.5, 0.6) is 0 Å². The molecule has 0 amide bonds. The van der Waals surface area contributed by atoms with Crippen LogP contribution in [0.4, 0.5) is 0 Å². The second kappa shape index (κ2) is 7.77. The fourth-order valence-corrected chi connectivity index (χ4v) is 5.36. The standard InChI is InChI=1S/C18H28N2O2S/c21-23(22,16-17-8-4-3-5-9-17)20-14-12-19(13-15-20)18-10-6-1-2-7-11-18/h3-5,8-9,18H,1-2,6-7,10-16H2. The molecule has 1 aromatic carbocycles. The van der Waals surface area contributed by atoms with Gasteiger partial charge in [-0.2, -0.15) is 4.31 Å². The summed E-state index contributed by atoms with van der Waals surface area (Å²) < 4.78 is 26.9. The topological polar surface area (TPSA) is 40.6 Å². The Morgan fingerprint density at radius 3 is 2.09 bits per heavy atom. The third-order valence-electron chi connectivity index (χ3n) is 5.20. The number of rotatable bonds is 4. The molecule has 128 valence electrons. The molecule has 0 bridgehead atoms. The van der Waals surface area contributed by atoms with Gasteiger partial charge in [0.1, 0.15) is 0 Å². The maximum absolute atomic E-state index is 12.6. The summed E-state index contributed by atoms with van der Waals surface area (Å²) in [6, 6.07) is 10.2. The average molecular weight is 337 g/mol. The summed E-state index contributed by atoms with van der Waals surface area (Å²) in [5, 5.41) is 0. The lowest BCUT2D eigenvalue weighted by molar-refractivity contribution is 0.126. The molecule has 1 aliphatic heterocycles. The highest BCUT2D eigenvalue weighted by Gasteiger charge is 2.30. The molecule has 5 heteroatoms. The monoisotopic (exact) mass is 336 g/mol. The van der Waals surface area contributed by atoms with Crippen LogP contribution in [-0.2, 0) is 15.8 Å². The Balaban J connectivity index is 1.55. The Bertz CT molecular complexity index is 572. The van der Waals surface area contributed by atoms with E-state index in [2.05, 4.69) is 4.90 Å². The van der Waals surface area contributed by atoms with Crippen molar-refractivity contribution < 1.29 is 8.42 Å². The largest absolute Gasteiger partial charge is 0.298 e.